The Balaban J connectivity index is 0.000000243. The standard InChI is InChI=1S/C18H18N2O2.C5H3N5/c1-22-15-8-6-14(7-9-15)20-11-13-10-12-4-2-3-5-16(12)17(19)18(13)21;6-1-3-4(2-7)10-5(8)9-3/h2-10,20-21H,11,19H2,1H3;(H3,8,9,10). The van der Waals surface area contributed by atoms with Gasteiger partial charge in [0.1, 0.15) is 23.6 Å². The van der Waals surface area contributed by atoms with Crippen molar-refractivity contribution < 1.29 is 9.84 Å². The third-order valence-corrected chi connectivity index (χ3v) is 4.65. The predicted molar refractivity (Wildman–Crippen MR) is 123 cm³/mol. The molecule has 9 heteroatoms. The Morgan fingerprint density at radius 2 is 1.81 bits per heavy atom. The van der Waals surface area contributed by atoms with E-state index in [-0.39, 0.29) is 23.1 Å². The molecule has 3 aromatic carbocycles. The monoisotopic (exact) mass is 427 g/mol. The molecule has 4 aromatic rings. The van der Waals surface area contributed by atoms with Crippen molar-refractivity contribution >= 4 is 28.1 Å². The lowest BCUT2D eigenvalue weighted by atomic mass is 10.0. The van der Waals surface area contributed by atoms with Crippen LogP contribution in [0.5, 0.6) is 11.5 Å². The highest BCUT2D eigenvalue weighted by Gasteiger charge is 2.10. The van der Waals surface area contributed by atoms with Crippen molar-refractivity contribution in [3.63, 3.8) is 0 Å². The number of H-pyrrole nitrogens is 1. The smallest absolute Gasteiger partial charge is 0.199 e. The third kappa shape index (κ3) is 4.81. The van der Waals surface area contributed by atoms with Gasteiger partial charge in [-0.25, -0.2) is 4.98 Å². The zero-order chi connectivity index (χ0) is 23.1. The van der Waals surface area contributed by atoms with Crippen LogP contribution in [0.1, 0.15) is 17.0 Å². The molecule has 4 rings (SSSR count). The van der Waals surface area contributed by atoms with Gasteiger partial charge in [0.25, 0.3) is 0 Å². The number of aromatic amines is 1. The summed E-state index contributed by atoms with van der Waals surface area (Å²) in [5.74, 6) is 1.04. The normalized spacial score (nSPS) is 9.84. The minimum absolute atomic E-state index is 0.0417. The van der Waals surface area contributed by atoms with Gasteiger partial charge in [-0.3, -0.25) is 0 Å². The van der Waals surface area contributed by atoms with Crippen molar-refractivity contribution in [3.8, 4) is 23.6 Å². The number of benzene rings is 3. The summed E-state index contributed by atoms with van der Waals surface area (Å²) in [5.41, 5.74) is 13.5. The molecule has 1 heterocycles. The van der Waals surface area contributed by atoms with Crippen molar-refractivity contribution in [1.29, 1.82) is 10.5 Å². The van der Waals surface area contributed by atoms with Crippen molar-refractivity contribution in [3.05, 3.63) is 71.5 Å². The fourth-order valence-corrected chi connectivity index (χ4v) is 3.02. The second-order valence-electron chi connectivity index (χ2n) is 6.67. The zero-order valence-corrected chi connectivity index (χ0v) is 17.3. The molecule has 0 amide bonds. The first kappa shape index (κ1) is 21.8. The number of hydrogen-bond acceptors (Lipinski definition) is 8. The number of fused-ring (bicyclic) bond motifs is 1. The molecule has 0 fully saturated rings. The average Bonchev–Trinajstić information content (AvgIpc) is 3.21. The average molecular weight is 427 g/mol. The lowest BCUT2D eigenvalue weighted by Gasteiger charge is -2.12. The molecule has 0 saturated heterocycles. The number of hydrogen-bond donors (Lipinski definition) is 5. The van der Waals surface area contributed by atoms with E-state index in [9.17, 15) is 5.11 Å². The molecule has 0 unspecified atom stereocenters. The number of ether oxygens (including phenoxy) is 1. The van der Waals surface area contributed by atoms with Crippen molar-refractivity contribution in [2.24, 2.45) is 0 Å². The van der Waals surface area contributed by atoms with Gasteiger partial charge in [-0.1, -0.05) is 24.3 Å². The number of nitriles is 2. The number of nitrogens with two attached hydrogens (primary N) is 2. The van der Waals surface area contributed by atoms with Crippen LogP contribution in [0.15, 0.2) is 54.6 Å². The van der Waals surface area contributed by atoms with Gasteiger partial charge in [0.15, 0.2) is 17.3 Å². The van der Waals surface area contributed by atoms with Gasteiger partial charge in [-0.05, 0) is 35.7 Å². The highest BCUT2D eigenvalue weighted by Crippen LogP contribution is 2.34. The Labute approximate surface area is 184 Å². The van der Waals surface area contributed by atoms with Crippen LogP contribution < -0.4 is 21.5 Å². The van der Waals surface area contributed by atoms with E-state index in [4.69, 9.17) is 26.7 Å². The van der Waals surface area contributed by atoms with Crippen LogP contribution in [0.4, 0.5) is 17.3 Å². The number of nitrogen functional groups attached to an aromatic ring is 2. The molecule has 0 aliphatic carbocycles. The SMILES string of the molecule is COc1ccc(NCc2cc3ccccc3c(N)c2O)cc1.N#Cc1nc(N)[nH]c1C#N. The van der Waals surface area contributed by atoms with E-state index in [0.717, 1.165) is 27.8 Å². The molecule has 0 spiro atoms. The summed E-state index contributed by atoms with van der Waals surface area (Å²) >= 11 is 0. The van der Waals surface area contributed by atoms with Gasteiger partial charge in [-0.15, -0.1) is 0 Å². The molecular weight excluding hydrogens is 406 g/mol. The van der Waals surface area contributed by atoms with E-state index in [1.165, 1.54) is 0 Å². The minimum Gasteiger partial charge on any atom is -0.505 e. The summed E-state index contributed by atoms with van der Waals surface area (Å²) in [4.78, 5) is 5.97. The molecule has 0 radical (unpaired) electrons. The Morgan fingerprint density at radius 3 is 2.44 bits per heavy atom. The minimum atomic E-state index is 0.0417. The molecule has 7 N–H and O–H groups in total. The topological polar surface area (TPSA) is 170 Å². The first-order chi connectivity index (χ1) is 15.5. The van der Waals surface area contributed by atoms with Crippen LogP contribution in [0.25, 0.3) is 10.8 Å². The molecule has 32 heavy (non-hydrogen) atoms. The Hall–Kier alpha value is -4.89. The highest BCUT2D eigenvalue weighted by atomic mass is 16.5. The van der Waals surface area contributed by atoms with Crippen LogP contribution in [0.2, 0.25) is 0 Å². The van der Waals surface area contributed by atoms with Gasteiger partial charge in [0.2, 0.25) is 0 Å². The number of phenolic OH excluding ortho intramolecular Hbond substituents is 1. The number of anilines is 3. The molecular formula is C23H21N7O2. The zero-order valence-electron chi connectivity index (χ0n) is 17.3. The summed E-state index contributed by atoms with van der Waals surface area (Å²) in [7, 11) is 1.64. The highest BCUT2D eigenvalue weighted by molar-refractivity contribution is 5.96. The molecule has 0 aliphatic rings. The first-order valence-electron chi connectivity index (χ1n) is 9.49. The quantitative estimate of drug-likeness (QED) is 0.243. The second-order valence-corrected chi connectivity index (χ2v) is 6.67. The number of aromatic nitrogens is 2. The number of aromatic hydroxyl groups is 1. The van der Waals surface area contributed by atoms with Gasteiger partial charge < -0.3 is 31.6 Å². The maximum absolute atomic E-state index is 10.3. The predicted octanol–water partition coefficient (Wildman–Crippen LogP) is 3.48. The molecule has 9 nitrogen and oxygen atoms in total. The van der Waals surface area contributed by atoms with Crippen LogP contribution in [0.3, 0.4) is 0 Å². The van der Waals surface area contributed by atoms with E-state index >= 15 is 0 Å². The lowest BCUT2D eigenvalue weighted by Crippen LogP contribution is -2.01. The van der Waals surface area contributed by atoms with Gasteiger partial charge >= 0.3 is 0 Å². The Bertz CT molecular complexity index is 1280. The van der Waals surface area contributed by atoms with Crippen molar-refractivity contribution in [2.45, 2.75) is 6.54 Å². The van der Waals surface area contributed by atoms with E-state index in [1.54, 1.807) is 19.2 Å². The maximum Gasteiger partial charge on any atom is 0.199 e. The summed E-state index contributed by atoms with van der Waals surface area (Å²) in [5, 5.41) is 32.1. The number of imidazole rings is 1. The number of nitrogens with one attached hydrogen (secondary N) is 2. The molecule has 1 aromatic heterocycles. The Morgan fingerprint density at radius 1 is 1.09 bits per heavy atom. The van der Waals surface area contributed by atoms with Crippen LogP contribution in [-0.2, 0) is 6.54 Å². The van der Waals surface area contributed by atoms with E-state index in [2.05, 4.69) is 15.3 Å². The van der Waals surface area contributed by atoms with Crippen molar-refractivity contribution in [2.75, 3.05) is 23.9 Å². The second kappa shape index (κ2) is 9.74. The van der Waals surface area contributed by atoms with Crippen molar-refractivity contribution in [1.82, 2.24) is 9.97 Å². The van der Waals surface area contributed by atoms with E-state index < -0.39 is 0 Å². The molecule has 0 atom stereocenters. The number of phenols is 1. The summed E-state index contributed by atoms with van der Waals surface area (Å²) in [6.45, 7) is 0.493. The van der Waals surface area contributed by atoms with Gasteiger partial charge in [0.05, 0.1) is 12.8 Å². The van der Waals surface area contributed by atoms with E-state index in [1.807, 2.05) is 54.6 Å². The van der Waals surface area contributed by atoms with Crippen LogP contribution in [-0.4, -0.2) is 22.2 Å². The molecule has 160 valence electrons. The number of nitrogens with zero attached hydrogens (tertiary/aromatic N) is 3. The van der Waals surface area contributed by atoms with Gasteiger partial charge in [0, 0.05) is 23.2 Å². The molecule has 0 aliphatic heterocycles. The first-order valence-corrected chi connectivity index (χ1v) is 9.49. The fraction of sp³-hybridized carbons (Fsp3) is 0.0870. The third-order valence-electron chi connectivity index (χ3n) is 4.65. The molecule has 0 bridgehead atoms. The van der Waals surface area contributed by atoms with Gasteiger partial charge in [-0.2, -0.15) is 10.5 Å². The Kier molecular flexibility index (Phi) is 6.64. The summed E-state index contributed by atoms with van der Waals surface area (Å²) in [6.07, 6.45) is 0. The maximum atomic E-state index is 10.3. The fourth-order valence-electron chi connectivity index (χ4n) is 3.02. The largest absolute Gasteiger partial charge is 0.505 e. The number of rotatable bonds is 4. The van der Waals surface area contributed by atoms with Crippen LogP contribution in [0, 0.1) is 22.7 Å². The summed E-state index contributed by atoms with van der Waals surface area (Å²) < 4.78 is 5.13. The lowest BCUT2D eigenvalue weighted by molar-refractivity contribution is 0.415. The molecule has 0 saturated carbocycles. The number of methoxy groups -OCH3 is 1. The van der Waals surface area contributed by atoms with Crippen LogP contribution >= 0.6 is 0 Å². The summed E-state index contributed by atoms with van der Waals surface area (Å²) in [6, 6.07) is 20.8. The van der Waals surface area contributed by atoms with E-state index in [0.29, 0.717) is 12.2 Å².